The number of nitrogens with zero attached hydrogens (tertiary/aromatic N) is 2. The number of hydrogen-bond donors (Lipinski definition) is 1. The Hall–Kier alpha value is -2.24. The van der Waals surface area contributed by atoms with Crippen LogP contribution in [0.1, 0.15) is 31.1 Å². The molecule has 0 aromatic heterocycles. The number of ether oxygens (including phenoxy) is 1. The zero-order valence-electron chi connectivity index (χ0n) is 14.3. The molecule has 1 aliphatic rings. The number of carbonyl (C=O) groups is 2. The monoisotopic (exact) mass is 319 g/mol. The van der Waals surface area contributed by atoms with Crippen LogP contribution in [-0.4, -0.2) is 60.6 Å². The lowest BCUT2D eigenvalue weighted by atomic mass is 10.1. The number of piperazine rings is 1. The number of rotatable bonds is 2. The van der Waals surface area contributed by atoms with Crippen molar-refractivity contribution in [1.29, 1.82) is 0 Å². The first kappa shape index (κ1) is 17.1. The molecule has 6 heteroatoms. The lowest BCUT2D eigenvalue weighted by Crippen LogP contribution is -2.56. The van der Waals surface area contributed by atoms with Crippen molar-refractivity contribution < 1.29 is 14.3 Å². The summed E-state index contributed by atoms with van der Waals surface area (Å²) >= 11 is 0. The Morgan fingerprint density at radius 3 is 2.17 bits per heavy atom. The maximum absolute atomic E-state index is 12.6. The fourth-order valence-electron chi connectivity index (χ4n) is 2.50. The molecule has 0 saturated carbocycles. The van der Waals surface area contributed by atoms with Crippen molar-refractivity contribution in [1.82, 2.24) is 15.1 Å². The van der Waals surface area contributed by atoms with E-state index in [0.717, 1.165) is 0 Å². The summed E-state index contributed by atoms with van der Waals surface area (Å²) in [6.07, 6.45) is 0. The fraction of sp³-hybridized carbons (Fsp3) is 0.529. The number of carbonyl (C=O) groups excluding carboxylic acids is 2. The minimum Gasteiger partial charge on any atom is -0.496 e. The number of urea groups is 1. The summed E-state index contributed by atoms with van der Waals surface area (Å²) < 4.78 is 5.25. The van der Waals surface area contributed by atoms with E-state index in [4.69, 9.17) is 4.74 Å². The first-order valence-corrected chi connectivity index (χ1v) is 7.81. The largest absolute Gasteiger partial charge is 0.496 e. The number of benzene rings is 1. The lowest BCUT2D eigenvalue weighted by molar-refractivity contribution is 0.0658. The highest BCUT2D eigenvalue weighted by Gasteiger charge is 2.27. The number of para-hydroxylation sites is 1. The maximum Gasteiger partial charge on any atom is 0.317 e. The van der Waals surface area contributed by atoms with Gasteiger partial charge in [-0.1, -0.05) is 12.1 Å². The molecule has 0 unspecified atom stereocenters. The molecule has 3 amide bonds. The predicted molar refractivity (Wildman–Crippen MR) is 88.8 cm³/mol. The minimum atomic E-state index is -0.262. The molecule has 1 heterocycles. The Morgan fingerprint density at radius 2 is 1.61 bits per heavy atom. The Bertz CT molecular complexity index is 573. The first-order chi connectivity index (χ1) is 10.8. The minimum absolute atomic E-state index is 0.0571. The first-order valence-electron chi connectivity index (χ1n) is 7.81. The summed E-state index contributed by atoms with van der Waals surface area (Å²) in [4.78, 5) is 28.3. The van der Waals surface area contributed by atoms with E-state index in [0.29, 0.717) is 37.5 Å². The van der Waals surface area contributed by atoms with E-state index < -0.39 is 0 Å². The van der Waals surface area contributed by atoms with Gasteiger partial charge in [0.1, 0.15) is 5.75 Å². The standard InChI is InChI=1S/C17H25N3O3/c1-17(2,3)18-16(22)20-11-9-19(10-12-20)15(21)13-7-5-6-8-14(13)23-4/h5-8H,9-12H2,1-4H3,(H,18,22). The van der Waals surface area contributed by atoms with Gasteiger partial charge in [-0.2, -0.15) is 0 Å². The van der Waals surface area contributed by atoms with Crippen LogP contribution in [0.15, 0.2) is 24.3 Å². The van der Waals surface area contributed by atoms with E-state index in [1.54, 1.807) is 29.0 Å². The molecular weight excluding hydrogens is 294 g/mol. The average molecular weight is 319 g/mol. The highest BCUT2D eigenvalue weighted by molar-refractivity contribution is 5.97. The third-order valence-electron chi connectivity index (χ3n) is 3.67. The van der Waals surface area contributed by atoms with Gasteiger partial charge in [0.05, 0.1) is 12.7 Å². The predicted octanol–water partition coefficient (Wildman–Crippen LogP) is 1.96. The van der Waals surface area contributed by atoms with E-state index in [9.17, 15) is 9.59 Å². The molecular formula is C17H25N3O3. The van der Waals surface area contributed by atoms with Crippen LogP contribution in [0, 0.1) is 0 Å². The molecule has 1 aromatic carbocycles. The quantitative estimate of drug-likeness (QED) is 0.906. The van der Waals surface area contributed by atoms with Gasteiger partial charge in [-0.25, -0.2) is 4.79 Å². The van der Waals surface area contributed by atoms with Gasteiger partial charge < -0.3 is 19.9 Å². The highest BCUT2D eigenvalue weighted by atomic mass is 16.5. The third kappa shape index (κ3) is 4.37. The van der Waals surface area contributed by atoms with Crippen LogP contribution < -0.4 is 10.1 Å². The molecule has 1 aliphatic heterocycles. The van der Waals surface area contributed by atoms with Crippen LogP contribution in [0.5, 0.6) is 5.75 Å². The van der Waals surface area contributed by atoms with Gasteiger partial charge in [0, 0.05) is 31.7 Å². The summed E-state index contributed by atoms with van der Waals surface area (Å²) in [6.45, 7) is 7.96. The molecule has 0 radical (unpaired) electrons. The molecule has 126 valence electrons. The van der Waals surface area contributed by atoms with Gasteiger partial charge in [-0.15, -0.1) is 0 Å². The van der Waals surface area contributed by atoms with Crippen molar-refractivity contribution in [2.24, 2.45) is 0 Å². The zero-order chi connectivity index (χ0) is 17.0. The molecule has 6 nitrogen and oxygen atoms in total. The van der Waals surface area contributed by atoms with Crippen LogP contribution in [-0.2, 0) is 0 Å². The number of methoxy groups -OCH3 is 1. The van der Waals surface area contributed by atoms with Crippen molar-refractivity contribution in [3.8, 4) is 5.75 Å². The SMILES string of the molecule is COc1ccccc1C(=O)N1CCN(C(=O)NC(C)(C)C)CC1. The summed E-state index contributed by atoms with van der Waals surface area (Å²) in [5.74, 6) is 0.517. The van der Waals surface area contributed by atoms with E-state index >= 15 is 0 Å². The fourth-order valence-corrected chi connectivity index (χ4v) is 2.50. The molecule has 23 heavy (non-hydrogen) atoms. The van der Waals surface area contributed by atoms with Crippen LogP contribution in [0.4, 0.5) is 4.79 Å². The molecule has 2 rings (SSSR count). The van der Waals surface area contributed by atoms with E-state index in [2.05, 4.69) is 5.32 Å². The second kappa shape index (κ2) is 6.89. The van der Waals surface area contributed by atoms with E-state index in [1.807, 2.05) is 32.9 Å². The number of nitrogens with one attached hydrogen (secondary N) is 1. The summed E-state index contributed by atoms with van der Waals surface area (Å²) in [7, 11) is 1.56. The molecule has 0 bridgehead atoms. The molecule has 1 saturated heterocycles. The Morgan fingerprint density at radius 1 is 1.04 bits per heavy atom. The van der Waals surface area contributed by atoms with Gasteiger partial charge in [0.15, 0.2) is 0 Å². The normalized spacial score (nSPS) is 15.3. The molecule has 1 fully saturated rings. The lowest BCUT2D eigenvalue weighted by Gasteiger charge is -2.36. The molecule has 1 N–H and O–H groups in total. The van der Waals surface area contributed by atoms with Gasteiger partial charge >= 0.3 is 6.03 Å². The van der Waals surface area contributed by atoms with Crippen molar-refractivity contribution >= 4 is 11.9 Å². The molecule has 1 aromatic rings. The highest BCUT2D eigenvalue weighted by Crippen LogP contribution is 2.20. The van der Waals surface area contributed by atoms with Crippen LogP contribution in [0.3, 0.4) is 0 Å². The second-order valence-electron chi connectivity index (χ2n) is 6.66. The van der Waals surface area contributed by atoms with Gasteiger partial charge in [0.25, 0.3) is 5.91 Å². The smallest absolute Gasteiger partial charge is 0.317 e. The van der Waals surface area contributed by atoms with Crippen molar-refractivity contribution in [3.05, 3.63) is 29.8 Å². The van der Waals surface area contributed by atoms with Gasteiger partial charge in [-0.05, 0) is 32.9 Å². The third-order valence-corrected chi connectivity index (χ3v) is 3.67. The Kier molecular flexibility index (Phi) is 5.13. The van der Waals surface area contributed by atoms with Crippen molar-refractivity contribution in [2.45, 2.75) is 26.3 Å². The Balaban J connectivity index is 1.96. The van der Waals surface area contributed by atoms with E-state index in [-0.39, 0.29) is 17.5 Å². The summed E-state index contributed by atoms with van der Waals surface area (Å²) in [5, 5.41) is 2.95. The van der Waals surface area contributed by atoms with Crippen molar-refractivity contribution in [3.63, 3.8) is 0 Å². The molecule has 0 atom stereocenters. The van der Waals surface area contributed by atoms with Gasteiger partial charge in [-0.3, -0.25) is 4.79 Å². The number of amides is 3. The van der Waals surface area contributed by atoms with Crippen LogP contribution in [0.25, 0.3) is 0 Å². The van der Waals surface area contributed by atoms with Gasteiger partial charge in [0.2, 0.25) is 0 Å². The van der Waals surface area contributed by atoms with Crippen LogP contribution >= 0.6 is 0 Å². The maximum atomic E-state index is 12.6. The van der Waals surface area contributed by atoms with Crippen LogP contribution in [0.2, 0.25) is 0 Å². The zero-order valence-corrected chi connectivity index (χ0v) is 14.3. The molecule has 0 aliphatic carbocycles. The summed E-state index contributed by atoms with van der Waals surface area (Å²) in [6, 6.07) is 7.12. The van der Waals surface area contributed by atoms with Crippen molar-refractivity contribution in [2.75, 3.05) is 33.3 Å². The van der Waals surface area contributed by atoms with E-state index in [1.165, 1.54) is 0 Å². The Labute approximate surface area is 137 Å². The molecule has 0 spiro atoms. The number of hydrogen-bond acceptors (Lipinski definition) is 3. The average Bonchev–Trinajstić information content (AvgIpc) is 2.52. The second-order valence-corrected chi connectivity index (χ2v) is 6.66. The summed E-state index contributed by atoms with van der Waals surface area (Å²) in [5.41, 5.74) is 0.295. The topological polar surface area (TPSA) is 61.9 Å².